The Labute approximate surface area is 180 Å². The third-order valence-electron chi connectivity index (χ3n) is 5.95. The Balaban J connectivity index is 2.06. The van der Waals surface area contributed by atoms with Gasteiger partial charge in [-0.05, 0) is 84.3 Å². The van der Waals surface area contributed by atoms with Gasteiger partial charge >= 0.3 is 0 Å². The summed E-state index contributed by atoms with van der Waals surface area (Å²) in [6.45, 7) is 13.6. The van der Waals surface area contributed by atoms with Crippen molar-refractivity contribution in [2.45, 2.75) is 77.6 Å². The molecule has 0 atom stereocenters. The molecule has 4 heteroatoms. The highest BCUT2D eigenvalue weighted by Gasteiger charge is 2.37. The molecule has 0 aliphatic carbocycles. The van der Waals surface area contributed by atoms with E-state index < -0.39 is 8.32 Å². The van der Waals surface area contributed by atoms with E-state index in [2.05, 4.69) is 61.8 Å². The van der Waals surface area contributed by atoms with Gasteiger partial charge in [0.05, 0.1) is 0 Å². The zero-order valence-corrected chi connectivity index (χ0v) is 20.8. The van der Waals surface area contributed by atoms with Crippen LogP contribution in [0, 0.1) is 0 Å². The zero-order valence-electron chi connectivity index (χ0n) is 18.2. The Morgan fingerprint density at radius 2 is 1.71 bits per heavy atom. The average Bonchev–Trinajstić information content (AvgIpc) is 2.60. The van der Waals surface area contributed by atoms with Gasteiger partial charge in [-0.3, -0.25) is 0 Å². The summed E-state index contributed by atoms with van der Waals surface area (Å²) in [4.78, 5) is 10.5. The number of aryl methyl sites for hydroxylation is 1. The second-order valence-electron chi connectivity index (χ2n) is 9.23. The van der Waals surface area contributed by atoms with Crippen LogP contribution in [0.5, 0.6) is 5.75 Å². The van der Waals surface area contributed by atoms with Gasteiger partial charge < -0.3 is 9.53 Å². The van der Waals surface area contributed by atoms with Crippen LogP contribution in [-0.4, -0.2) is 13.1 Å². The van der Waals surface area contributed by atoms with Crippen molar-refractivity contribution in [1.82, 2.24) is 0 Å². The first-order valence-corrected chi connectivity index (χ1v) is 14.0. The molecule has 0 aromatic heterocycles. The van der Waals surface area contributed by atoms with Crippen LogP contribution in [0.1, 0.15) is 63.1 Å². The predicted molar refractivity (Wildman–Crippen MR) is 126 cm³/mol. The van der Waals surface area contributed by atoms with Gasteiger partial charge in [-0.1, -0.05) is 61.8 Å². The maximum atomic E-state index is 10.5. The Hall–Kier alpha value is -1.10. The maximum absolute atomic E-state index is 10.5. The lowest BCUT2D eigenvalue weighted by molar-refractivity contribution is 0.306. The van der Waals surface area contributed by atoms with Gasteiger partial charge in [0.1, 0.15) is 12.4 Å². The number of benzene rings is 2. The lowest BCUT2D eigenvalue weighted by atomic mass is 9.91. The van der Waals surface area contributed by atoms with Crippen molar-refractivity contribution in [2.24, 2.45) is 0 Å². The number of ether oxygens (including phenoxy) is 1. The predicted octanol–water partition coefficient (Wildman–Crippen LogP) is 7.45. The number of hydrogen-bond acceptors (Lipinski definition) is 2. The van der Waals surface area contributed by atoms with E-state index >= 15 is 0 Å². The lowest BCUT2D eigenvalue weighted by Crippen LogP contribution is -2.39. The summed E-state index contributed by atoms with van der Waals surface area (Å²) >= 11 is 3.45. The van der Waals surface area contributed by atoms with Gasteiger partial charge in [0, 0.05) is 4.47 Å². The molecule has 2 aromatic rings. The van der Waals surface area contributed by atoms with Gasteiger partial charge in [-0.2, -0.15) is 0 Å². The second-order valence-corrected chi connectivity index (χ2v) is 14.6. The molecule has 0 radical (unpaired) electrons. The van der Waals surface area contributed by atoms with Crippen LogP contribution in [0.15, 0.2) is 46.9 Å². The van der Waals surface area contributed by atoms with Crippen LogP contribution in [0.2, 0.25) is 18.1 Å². The van der Waals surface area contributed by atoms with E-state index in [0.29, 0.717) is 12.5 Å². The molecule has 0 saturated carbocycles. The van der Waals surface area contributed by atoms with E-state index in [9.17, 15) is 4.80 Å². The molecule has 0 unspecified atom stereocenters. The fourth-order valence-electron chi connectivity index (χ4n) is 3.25. The van der Waals surface area contributed by atoms with Gasteiger partial charge in [0.25, 0.3) is 0 Å². The van der Waals surface area contributed by atoms with Crippen molar-refractivity contribution in [3.63, 3.8) is 0 Å². The first-order valence-electron chi connectivity index (χ1n) is 10.2. The normalized spacial score (nSPS) is 12.5. The molecule has 0 saturated heterocycles. The molecule has 154 valence electrons. The molecule has 0 aliphatic rings. The van der Waals surface area contributed by atoms with Crippen molar-refractivity contribution in [3.05, 3.63) is 63.6 Å². The highest BCUT2D eigenvalue weighted by Crippen LogP contribution is 2.40. The molecule has 0 spiro atoms. The van der Waals surface area contributed by atoms with Crippen LogP contribution in [0.3, 0.4) is 0 Å². The Kier molecular flexibility index (Phi) is 7.94. The Bertz CT molecular complexity index is 761. The minimum Gasteiger partial charge on any atom is -0.489 e. The van der Waals surface area contributed by atoms with Crippen LogP contribution >= 0.6 is 15.9 Å². The fourth-order valence-corrected chi connectivity index (χ4v) is 4.31. The summed E-state index contributed by atoms with van der Waals surface area (Å²) in [5.74, 6) is 1.39. The summed E-state index contributed by atoms with van der Waals surface area (Å²) in [6, 6.07) is 14.7. The molecule has 2 nitrogen and oxygen atoms in total. The summed E-state index contributed by atoms with van der Waals surface area (Å²) in [5, 5.41) is 0.0350. The molecule has 0 fully saturated rings. The minimum absolute atomic E-state index is 0.0350. The molecule has 28 heavy (non-hydrogen) atoms. The molecule has 0 heterocycles. The molecule has 0 bridgehead atoms. The molecule has 2 rings (SSSR count). The molecule has 0 amide bonds. The van der Waals surface area contributed by atoms with Crippen molar-refractivity contribution in [1.29, 1.82) is 0 Å². The van der Waals surface area contributed by atoms with Crippen molar-refractivity contribution in [3.8, 4) is 5.75 Å². The van der Waals surface area contributed by atoms with E-state index in [1.165, 1.54) is 16.7 Å². The maximum Gasteiger partial charge on any atom is 0.188 e. The van der Waals surface area contributed by atoms with Gasteiger partial charge in [-0.15, -0.1) is 0 Å². The average molecular weight is 464 g/mol. The number of hydrogen-bond donors (Lipinski definition) is 1. The van der Waals surface area contributed by atoms with E-state index in [-0.39, 0.29) is 5.04 Å². The Morgan fingerprint density at radius 3 is 2.29 bits per heavy atom. The second kappa shape index (κ2) is 9.60. The summed E-state index contributed by atoms with van der Waals surface area (Å²) in [7, 11) is -2.15. The summed E-state index contributed by atoms with van der Waals surface area (Å²) in [5.41, 5.74) is 4.05. The third kappa shape index (κ3) is 6.46. The van der Waals surface area contributed by atoms with E-state index in [1.807, 2.05) is 37.4 Å². The topological polar surface area (TPSA) is 29.5 Å². The summed E-state index contributed by atoms with van der Waals surface area (Å²) in [6.07, 6.45) is 3.20. The van der Waals surface area contributed by atoms with Crippen molar-refractivity contribution >= 4 is 24.2 Å². The highest BCUT2D eigenvalue weighted by molar-refractivity contribution is 9.10. The van der Waals surface area contributed by atoms with Crippen molar-refractivity contribution < 1.29 is 9.53 Å². The first kappa shape index (κ1) is 23.2. The van der Waals surface area contributed by atoms with Crippen LogP contribution < -0.4 is 4.74 Å². The fraction of sp³-hybridized carbons (Fsp3) is 0.500. The largest absolute Gasteiger partial charge is 0.489 e. The van der Waals surface area contributed by atoms with E-state index in [4.69, 9.17) is 4.74 Å². The van der Waals surface area contributed by atoms with Gasteiger partial charge in [0.2, 0.25) is 0 Å². The first-order chi connectivity index (χ1) is 13.0. The van der Waals surface area contributed by atoms with Crippen molar-refractivity contribution in [2.75, 3.05) is 0 Å². The third-order valence-corrected chi connectivity index (χ3v) is 10.0. The van der Waals surface area contributed by atoms with Crippen LogP contribution in [0.4, 0.5) is 0 Å². The van der Waals surface area contributed by atoms with Gasteiger partial charge in [-0.25, -0.2) is 0 Å². The molecular formula is C24H35BrO2Si. The smallest absolute Gasteiger partial charge is 0.188 e. The highest BCUT2D eigenvalue weighted by atomic mass is 79.9. The van der Waals surface area contributed by atoms with Crippen LogP contribution in [0.25, 0.3) is 0 Å². The quantitative estimate of drug-likeness (QED) is 0.391. The van der Waals surface area contributed by atoms with E-state index in [1.54, 1.807) is 0 Å². The molecule has 1 N–H and O–H groups in total. The van der Waals surface area contributed by atoms with Crippen LogP contribution in [-0.2, 0) is 13.0 Å². The number of halogens is 1. The minimum atomic E-state index is -2.15. The molecular weight excluding hydrogens is 428 g/mol. The zero-order chi connectivity index (χ0) is 20.9. The van der Waals surface area contributed by atoms with E-state index in [0.717, 1.165) is 29.5 Å². The lowest BCUT2D eigenvalue weighted by Gasteiger charge is -2.35. The monoisotopic (exact) mass is 462 g/mol. The molecule has 0 aliphatic heterocycles. The standard InChI is InChI=1S/C24H35BrO2Si/c1-18(2)23-14-9-19(17-27-22-12-10-21(25)11-13-22)16-20(23)8-7-15-24(3,4)28(5,6)26/h9-14,16,18,26H,7-8,15,17H2,1-6H3. The Morgan fingerprint density at radius 1 is 1.07 bits per heavy atom. The number of rotatable bonds is 9. The molecule has 2 aromatic carbocycles. The SMILES string of the molecule is CC(C)c1ccc(COc2ccc(Br)cc2)cc1CCCC(C)(C)[Si](C)(C)O. The summed E-state index contributed by atoms with van der Waals surface area (Å²) < 4.78 is 7.01. The van der Waals surface area contributed by atoms with Gasteiger partial charge in [0.15, 0.2) is 8.32 Å².